The van der Waals surface area contributed by atoms with Crippen LogP contribution in [0.1, 0.15) is 56.0 Å². The molecule has 0 unspecified atom stereocenters. The van der Waals surface area contributed by atoms with Gasteiger partial charge in [0.1, 0.15) is 17.2 Å². The van der Waals surface area contributed by atoms with E-state index in [1.54, 1.807) is 66.7 Å². The van der Waals surface area contributed by atoms with Crippen molar-refractivity contribution in [1.82, 2.24) is 5.43 Å². The molecular formula is C31H36N2O7. The number of carbonyl (C=O) groups is 2. The highest BCUT2D eigenvalue weighted by molar-refractivity contribution is 5.92. The SMILES string of the molecule is CCCCOc1ccc(OCC(=O)N/N=C/c2ccc(OC(=O)c3ccc(OCCC)cc3)c(OCC)c2)cc1. The van der Waals surface area contributed by atoms with Gasteiger partial charge in [0, 0.05) is 0 Å². The summed E-state index contributed by atoms with van der Waals surface area (Å²) in [4.78, 5) is 24.8. The largest absolute Gasteiger partial charge is 0.494 e. The minimum Gasteiger partial charge on any atom is -0.494 e. The van der Waals surface area contributed by atoms with Gasteiger partial charge in [-0.2, -0.15) is 5.10 Å². The Balaban J connectivity index is 1.51. The van der Waals surface area contributed by atoms with E-state index in [9.17, 15) is 9.59 Å². The molecule has 0 radical (unpaired) electrons. The molecule has 0 atom stereocenters. The molecular weight excluding hydrogens is 512 g/mol. The summed E-state index contributed by atoms with van der Waals surface area (Å²) in [5, 5.41) is 3.98. The molecule has 0 aliphatic heterocycles. The van der Waals surface area contributed by atoms with Gasteiger partial charge in [-0.25, -0.2) is 10.2 Å². The summed E-state index contributed by atoms with van der Waals surface area (Å²) >= 11 is 0. The molecule has 0 aliphatic rings. The second-order valence-electron chi connectivity index (χ2n) is 8.66. The Hall–Kier alpha value is -4.53. The maximum Gasteiger partial charge on any atom is 0.343 e. The van der Waals surface area contributed by atoms with E-state index in [1.807, 2.05) is 13.8 Å². The summed E-state index contributed by atoms with van der Waals surface area (Å²) in [6, 6.07) is 18.9. The van der Waals surface area contributed by atoms with Crippen molar-refractivity contribution in [3.63, 3.8) is 0 Å². The first-order chi connectivity index (χ1) is 19.5. The van der Waals surface area contributed by atoms with Crippen LogP contribution in [0.2, 0.25) is 0 Å². The van der Waals surface area contributed by atoms with E-state index in [0.29, 0.717) is 48.2 Å². The van der Waals surface area contributed by atoms with Crippen molar-refractivity contribution < 1.29 is 33.3 Å². The van der Waals surface area contributed by atoms with Crippen LogP contribution in [0.5, 0.6) is 28.7 Å². The molecule has 0 spiro atoms. The molecule has 3 aromatic carbocycles. The predicted octanol–water partition coefficient (Wildman–Crippen LogP) is 5.80. The fraction of sp³-hybridized carbons (Fsp3) is 0.323. The zero-order valence-corrected chi connectivity index (χ0v) is 23.2. The number of nitrogens with zero attached hydrogens (tertiary/aromatic N) is 1. The third-order valence-electron chi connectivity index (χ3n) is 5.40. The van der Waals surface area contributed by atoms with Crippen molar-refractivity contribution in [3.05, 3.63) is 77.9 Å². The lowest BCUT2D eigenvalue weighted by Crippen LogP contribution is -2.24. The van der Waals surface area contributed by atoms with Gasteiger partial charge in [0.15, 0.2) is 18.1 Å². The zero-order chi connectivity index (χ0) is 28.6. The summed E-state index contributed by atoms with van der Waals surface area (Å²) in [7, 11) is 0. The van der Waals surface area contributed by atoms with E-state index in [4.69, 9.17) is 23.7 Å². The summed E-state index contributed by atoms with van der Waals surface area (Å²) in [6.07, 6.45) is 4.42. The number of amides is 1. The third-order valence-corrected chi connectivity index (χ3v) is 5.40. The van der Waals surface area contributed by atoms with E-state index >= 15 is 0 Å². The van der Waals surface area contributed by atoms with Crippen LogP contribution >= 0.6 is 0 Å². The van der Waals surface area contributed by atoms with Gasteiger partial charge in [-0.3, -0.25) is 4.79 Å². The first kappa shape index (κ1) is 30.0. The quantitative estimate of drug-likeness (QED) is 0.0793. The number of hydrogen-bond donors (Lipinski definition) is 1. The minimum atomic E-state index is -0.518. The predicted molar refractivity (Wildman–Crippen MR) is 153 cm³/mol. The lowest BCUT2D eigenvalue weighted by atomic mass is 10.2. The highest BCUT2D eigenvalue weighted by Gasteiger charge is 2.14. The zero-order valence-electron chi connectivity index (χ0n) is 23.2. The van der Waals surface area contributed by atoms with Crippen molar-refractivity contribution in [2.24, 2.45) is 5.10 Å². The van der Waals surface area contributed by atoms with Crippen LogP contribution in [0, 0.1) is 0 Å². The smallest absolute Gasteiger partial charge is 0.343 e. The first-order valence-electron chi connectivity index (χ1n) is 13.4. The molecule has 3 rings (SSSR count). The molecule has 0 saturated carbocycles. The molecule has 1 N–H and O–H groups in total. The topological polar surface area (TPSA) is 105 Å². The van der Waals surface area contributed by atoms with E-state index in [1.165, 1.54) is 6.21 Å². The maximum absolute atomic E-state index is 12.7. The van der Waals surface area contributed by atoms with E-state index in [2.05, 4.69) is 17.5 Å². The van der Waals surface area contributed by atoms with Crippen LogP contribution in [-0.4, -0.2) is 44.5 Å². The fourth-order valence-electron chi connectivity index (χ4n) is 3.35. The number of carbonyl (C=O) groups excluding carboxylic acids is 2. The van der Waals surface area contributed by atoms with Gasteiger partial charge in [0.05, 0.1) is 31.6 Å². The molecule has 0 aromatic heterocycles. The second kappa shape index (κ2) is 16.4. The second-order valence-corrected chi connectivity index (χ2v) is 8.66. The number of unbranched alkanes of at least 4 members (excludes halogenated alkanes) is 1. The number of hydrazone groups is 1. The molecule has 0 fully saturated rings. The van der Waals surface area contributed by atoms with Crippen molar-refractivity contribution in [2.75, 3.05) is 26.4 Å². The summed E-state index contributed by atoms with van der Waals surface area (Å²) < 4.78 is 27.9. The Morgan fingerprint density at radius 3 is 2.05 bits per heavy atom. The average Bonchev–Trinajstić information content (AvgIpc) is 2.97. The van der Waals surface area contributed by atoms with E-state index < -0.39 is 11.9 Å². The molecule has 0 aliphatic carbocycles. The van der Waals surface area contributed by atoms with Crippen LogP contribution in [0.4, 0.5) is 0 Å². The number of nitrogens with one attached hydrogen (secondary N) is 1. The Bertz CT molecular complexity index is 1240. The first-order valence-corrected chi connectivity index (χ1v) is 13.4. The lowest BCUT2D eigenvalue weighted by Gasteiger charge is -2.12. The normalized spacial score (nSPS) is 10.7. The molecule has 9 nitrogen and oxygen atoms in total. The van der Waals surface area contributed by atoms with Gasteiger partial charge in [-0.15, -0.1) is 0 Å². The van der Waals surface area contributed by atoms with Crippen LogP contribution in [0.15, 0.2) is 71.8 Å². The molecule has 0 bridgehead atoms. The number of esters is 1. The Morgan fingerprint density at radius 2 is 1.40 bits per heavy atom. The number of ether oxygens (including phenoxy) is 5. The minimum absolute atomic E-state index is 0.196. The molecule has 9 heteroatoms. The van der Waals surface area contributed by atoms with Crippen LogP contribution in [0.3, 0.4) is 0 Å². The molecule has 212 valence electrons. The van der Waals surface area contributed by atoms with Gasteiger partial charge in [0.2, 0.25) is 0 Å². The Morgan fingerprint density at radius 1 is 0.750 bits per heavy atom. The van der Waals surface area contributed by atoms with Crippen LogP contribution in [-0.2, 0) is 4.79 Å². The van der Waals surface area contributed by atoms with E-state index in [0.717, 1.165) is 25.0 Å². The number of rotatable bonds is 16. The van der Waals surface area contributed by atoms with Crippen molar-refractivity contribution in [1.29, 1.82) is 0 Å². The van der Waals surface area contributed by atoms with Gasteiger partial charge >= 0.3 is 5.97 Å². The van der Waals surface area contributed by atoms with Gasteiger partial charge in [-0.1, -0.05) is 20.3 Å². The molecule has 1 amide bonds. The lowest BCUT2D eigenvalue weighted by molar-refractivity contribution is -0.123. The highest BCUT2D eigenvalue weighted by atomic mass is 16.6. The fourth-order valence-corrected chi connectivity index (χ4v) is 3.35. The molecule has 40 heavy (non-hydrogen) atoms. The van der Waals surface area contributed by atoms with Gasteiger partial charge < -0.3 is 23.7 Å². The average molecular weight is 549 g/mol. The van der Waals surface area contributed by atoms with Gasteiger partial charge in [0.25, 0.3) is 5.91 Å². The Labute approximate surface area is 235 Å². The maximum atomic E-state index is 12.7. The van der Waals surface area contributed by atoms with Crippen molar-refractivity contribution in [2.45, 2.75) is 40.0 Å². The third kappa shape index (κ3) is 9.98. The molecule has 3 aromatic rings. The Kier molecular flexibility index (Phi) is 12.3. The van der Waals surface area contributed by atoms with Crippen LogP contribution in [0.25, 0.3) is 0 Å². The van der Waals surface area contributed by atoms with Gasteiger partial charge in [-0.05, 0) is 92.1 Å². The summed E-state index contributed by atoms with van der Waals surface area (Å²) in [6.45, 7) is 7.41. The summed E-state index contributed by atoms with van der Waals surface area (Å²) in [5.41, 5.74) is 3.46. The molecule has 0 saturated heterocycles. The van der Waals surface area contributed by atoms with Crippen LogP contribution < -0.4 is 29.1 Å². The highest BCUT2D eigenvalue weighted by Crippen LogP contribution is 2.29. The summed E-state index contributed by atoms with van der Waals surface area (Å²) in [5.74, 6) is 1.71. The number of hydrogen-bond acceptors (Lipinski definition) is 8. The van der Waals surface area contributed by atoms with Crippen molar-refractivity contribution in [3.8, 4) is 28.7 Å². The monoisotopic (exact) mass is 548 g/mol. The number of benzene rings is 3. The standard InChI is InChI=1S/C31H36N2O7/c1-4-7-19-38-26-13-15-27(16-14-26)39-22-30(34)33-32-21-23-8-17-28(29(20-23)36-6-3)40-31(35)24-9-11-25(12-10-24)37-18-5-2/h8-17,20-21H,4-7,18-19,22H2,1-3H3,(H,33,34)/b32-21+. The molecule has 0 heterocycles. The van der Waals surface area contributed by atoms with Crippen molar-refractivity contribution >= 4 is 18.1 Å². The van der Waals surface area contributed by atoms with E-state index in [-0.39, 0.29) is 12.4 Å².